The summed E-state index contributed by atoms with van der Waals surface area (Å²) in [4.78, 5) is 19.9. The molecule has 4 rings (SSSR count). The number of hydrogen-bond donors (Lipinski definition) is 0. The third kappa shape index (κ3) is 2.35. The Balaban J connectivity index is 1.63. The van der Waals surface area contributed by atoms with Gasteiger partial charge < -0.3 is 4.90 Å². The summed E-state index contributed by atoms with van der Waals surface area (Å²) in [6.45, 7) is 0.860. The summed E-state index contributed by atoms with van der Waals surface area (Å²) in [5, 5.41) is 6.80. The molecular formula is C16H20N4OS. The first-order valence-corrected chi connectivity index (χ1v) is 8.84. The number of likely N-dealkylation sites (tertiary alicyclic amines) is 1. The van der Waals surface area contributed by atoms with Crippen LogP contribution in [0.15, 0.2) is 17.5 Å². The van der Waals surface area contributed by atoms with Gasteiger partial charge in [-0.25, -0.2) is 9.67 Å². The van der Waals surface area contributed by atoms with Crippen molar-refractivity contribution in [3.8, 4) is 10.7 Å². The Hall–Kier alpha value is -1.69. The van der Waals surface area contributed by atoms with Crippen molar-refractivity contribution in [1.82, 2.24) is 19.7 Å². The second-order valence-electron chi connectivity index (χ2n) is 6.31. The highest BCUT2D eigenvalue weighted by Gasteiger charge is 2.32. The molecule has 0 radical (unpaired) electrons. The van der Waals surface area contributed by atoms with Gasteiger partial charge in [-0.05, 0) is 37.1 Å². The summed E-state index contributed by atoms with van der Waals surface area (Å²) in [6.07, 6.45) is 5.28. The third-order valence-electron chi connectivity index (χ3n) is 4.83. The molecule has 1 amide bonds. The van der Waals surface area contributed by atoms with Gasteiger partial charge in [-0.15, -0.1) is 16.4 Å². The van der Waals surface area contributed by atoms with Crippen LogP contribution in [-0.4, -0.2) is 39.2 Å². The maximum Gasteiger partial charge on any atom is 0.225 e. The molecular weight excluding hydrogens is 296 g/mol. The maximum atomic E-state index is 12.2. The van der Waals surface area contributed by atoms with Crippen LogP contribution >= 0.6 is 11.3 Å². The van der Waals surface area contributed by atoms with Crippen LogP contribution in [0.4, 0.5) is 0 Å². The van der Waals surface area contributed by atoms with Crippen LogP contribution in [0.5, 0.6) is 0 Å². The normalized spacial score (nSPS) is 22.3. The summed E-state index contributed by atoms with van der Waals surface area (Å²) in [6, 6.07) is 4.56. The molecule has 2 fully saturated rings. The highest BCUT2D eigenvalue weighted by Crippen LogP contribution is 2.34. The lowest BCUT2D eigenvalue weighted by Crippen LogP contribution is -2.26. The topological polar surface area (TPSA) is 51.0 Å². The first-order valence-electron chi connectivity index (χ1n) is 7.96. The monoisotopic (exact) mass is 316 g/mol. The van der Waals surface area contributed by atoms with Crippen molar-refractivity contribution in [2.24, 2.45) is 5.92 Å². The van der Waals surface area contributed by atoms with Gasteiger partial charge in [-0.3, -0.25) is 4.79 Å². The molecule has 6 heteroatoms. The average Bonchev–Trinajstić information content (AvgIpc) is 3.15. The van der Waals surface area contributed by atoms with Crippen LogP contribution in [0.3, 0.4) is 0 Å². The van der Waals surface area contributed by atoms with Crippen molar-refractivity contribution in [1.29, 1.82) is 0 Å². The fraction of sp³-hybridized carbons (Fsp3) is 0.562. The smallest absolute Gasteiger partial charge is 0.225 e. The van der Waals surface area contributed by atoms with Gasteiger partial charge in [-0.1, -0.05) is 6.07 Å². The van der Waals surface area contributed by atoms with Gasteiger partial charge in [0, 0.05) is 25.9 Å². The van der Waals surface area contributed by atoms with Crippen LogP contribution in [0.25, 0.3) is 10.7 Å². The number of carbonyl (C=O) groups is 1. The van der Waals surface area contributed by atoms with Gasteiger partial charge in [-0.2, -0.15) is 0 Å². The zero-order valence-corrected chi connectivity index (χ0v) is 13.6. The Morgan fingerprint density at radius 1 is 1.36 bits per heavy atom. The lowest BCUT2D eigenvalue weighted by Gasteiger charge is -2.27. The average molecular weight is 316 g/mol. The largest absolute Gasteiger partial charge is 0.345 e. The highest BCUT2D eigenvalue weighted by molar-refractivity contribution is 7.13. The van der Waals surface area contributed by atoms with Crippen molar-refractivity contribution in [2.45, 2.75) is 38.1 Å². The van der Waals surface area contributed by atoms with Gasteiger partial charge >= 0.3 is 0 Å². The number of carbonyl (C=O) groups excluding carboxylic acids is 1. The van der Waals surface area contributed by atoms with Crippen LogP contribution < -0.4 is 0 Å². The SMILES string of the molecule is CN1CCC(Cc2nc(-c3cccs3)nn2C2CCC2)C1=O. The molecule has 5 nitrogen and oxygen atoms in total. The van der Waals surface area contributed by atoms with Gasteiger partial charge in [0.1, 0.15) is 5.82 Å². The quantitative estimate of drug-likeness (QED) is 0.871. The zero-order valence-electron chi connectivity index (χ0n) is 12.7. The molecule has 0 N–H and O–H groups in total. The van der Waals surface area contributed by atoms with E-state index in [4.69, 9.17) is 10.1 Å². The molecule has 1 saturated carbocycles. The third-order valence-corrected chi connectivity index (χ3v) is 5.70. The molecule has 2 aromatic rings. The van der Waals surface area contributed by atoms with Crippen molar-refractivity contribution in [2.75, 3.05) is 13.6 Å². The van der Waals surface area contributed by atoms with E-state index in [0.717, 1.165) is 35.9 Å². The predicted molar refractivity (Wildman–Crippen MR) is 85.7 cm³/mol. The van der Waals surface area contributed by atoms with Crippen LogP contribution in [0.2, 0.25) is 0 Å². The number of aromatic nitrogens is 3. The van der Waals surface area contributed by atoms with Crippen molar-refractivity contribution >= 4 is 17.2 Å². The van der Waals surface area contributed by atoms with Gasteiger partial charge in [0.25, 0.3) is 0 Å². The first-order chi connectivity index (χ1) is 10.7. The molecule has 1 aliphatic heterocycles. The maximum absolute atomic E-state index is 12.2. The first kappa shape index (κ1) is 13.9. The summed E-state index contributed by atoms with van der Waals surface area (Å²) < 4.78 is 2.10. The fourth-order valence-electron chi connectivity index (χ4n) is 3.23. The summed E-state index contributed by atoms with van der Waals surface area (Å²) in [5.74, 6) is 2.13. The van der Waals surface area contributed by atoms with E-state index in [9.17, 15) is 4.79 Å². The molecule has 2 aromatic heterocycles. The summed E-state index contributed by atoms with van der Waals surface area (Å²) in [5.41, 5.74) is 0. The van der Waals surface area contributed by atoms with E-state index in [1.54, 1.807) is 11.3 Å². The second-order valence-corrected chi connectivity index (χ2v) is 7.26. The van der Waals surface area contributed by atoms with Crippen molar-refractivity contribution in [3.05, 3.63) is 23.3 Å². The van der Waals surface area contributed by atoms with E-state index < -0.39 is 0 Å². The minimum absolute atomic E-state index is 0.0733. The van der Waals surface area contributed by atoms with E-state index in [-0.39, 0.29) is 11.8 Å². The van der Waals surface area contributed by atoms with E-state index in [1.165, 1.54) is 19.3 Å². The summed E-state index contributed by atoms with van der Waals surface area (Å²) in [7, 11) is 1.88. The molecule has 116 valence electrons. The Kier molecular flexibility index (Phi) is 3.48. The lowest BCUT2D eigenvalue weighted by atomic mass is 9.93. The molecule has 0 aromatic carbocycles. The molecule has 1 aliphatic carbocycles. The standard InChI is InChI=1S/C16H20N4OS/c1-19-8-7-11(16(19)21)10-14-17-15(13-6-3-9-22-13)18-20(14)12-4-2-5-12/h3,6,9,11-12H,2,4-5,7-8,10H2,1H3. The molecule has 1 unspecified atom stereocenters. The number of nitrogens with zero attached hydrogens (tertiary/aromatic N) is 4. The van der Waals surface area contributed by atoms with Crippen LogP contribution in [0, 0.1) is 5.92 Å². The van der Waals surface area contributed by atoms with E-state index in [2.05, 4.69) is 16.1 Å². The highest BCUT2D eigenvalue weighted by atomic mass is 32.1. The van der Waals surface area contributed by atoms with Crippen molar-refractivity contribution in [3.63, 3.8) is 0 Å². The molecule has 1 saturated heterocycles. The van der Waals surface area contributed by atoms with E-state index in [0.29, 0.717) is 6.04 Å². The molecule has 3 heterocycles. The zero-order chi connectivity index (χ0) is 15.1. The minimum atomic E-state index is 0.0733. The Bertz CT molecular complexity index is 674. The number of amides is 1. The molecule has 0 spiro atoms. The molecule has 22 heavy (non-hydrogen) atoms. The summed E-state index contributed by atoms with van der Waals surface area (Å²) >= 11 is 1.67. The second kappa shape index (κ2) is 5.50. The van der Waals surface area contributed by atoms with Crippen LogP contribution in [0.1, 0.15) is 37.5 Å². The van der Waals surface area contributed by atoms with Gasteiger partial charge in [0.2, 0.25) is 5.91 Å². The lowest BCUT2D eigenvalue weighted by molar-refractivity contribution is -0.129. The molecule has 2 aliphatic rings. The minimum Gasteiger partial charge on any atom is -0.345 e. The Morgan fingerprint density at radius 3 is 2.82 bits per heavy atom. The number of rotatable bonds is 4. The predicted octanol–water partition coefficient (Wildman–Crippen LogP) is 2.75. The Labute approximate surface area is 134 Å². The number of hydrogen-bond acceptors (Lipinski definition) is 4. The van der Waals surface area contributed by atoms with Crippen molar-refractivity contribution < 1.29 is 4.79 Å². The Morgan fingerprint density at radius 2 is 2.23 bits per heavy atom. The van der Waals surface area contributed by atoms with E-state index in [1.807, 2.05) is 18.0 Å². The van der Waals surface area contributed by atoms with Gasteiger partial charge in [0.15, 0.2) is 5.82 Å². The fourth-order valence-corrected chi connectivity index (χ4v) is 3.89. The number of thiophene rings is 1. The molecule has 0 bridgehead atoms. The van der Waals surface area contributed by atoms with Crippen LogP contribution in [-0.2, 0) is 11.2 Å². The van der Waals surface area contributed by atoms with E-state index >= 15 is 0 Å². The molecule has 1 atom stereocenters. The van der Waals surface area contributed by atoms with Gasteiger partial charge in [0.05, 0.1) is 10.9 Å².